The number of nitrogens with one attached hydrogen (secondary N) is 2. The van der Waals surface area contributed by atoms with E-state index in [0.717, 1.165) is 19.3 Å². The first-order valence-electron chi connectivity index (χ1n) is 7.16. The van der Waals surface area contributed by atoms with Crippen LogP contribution < -0.4 is 10.6 Å². The summed E-state index contributed by atoms with van der Waals surface area (Å²) in [5.74, 6) is 0.0573. The van der Waals surface area contributed by atoms with Crippen molar-refractivity contribution < 1.29 is 14.3 Å². The van der Waals surface area contributed by atoms with E-state index < -0.39 is 0 Å². The summed E-state index contributed by atoms with van der Waals surface area (Å²) in [5, 5.41) is 6.19. The summed E-state index contributed by atoms with van der Waals surface area (Å²) in [7, 11) is 3.41. The molecule has 0 spiro atoms. The molecule has 0 aromatic carbocycles. The normalized spacial score (nSPS) is 23.6. The van der Waals surface area contributed by atoms with Crippen LogP contribution in [-0.2, 0) is 14.3 Å². The fourth-order valence-corrected chi connectivity index (χ4v) is 3.10. The number of halogens is 1. The van der Waals surface area contributed by atoms with Crippen LogP contribution in [0.2, 0.25) is 0 Å². The molecule has 5 nitrogen and oxygen atoms in total. The van der Waals surface area contributed by atoms with Gasteiger partial charge in [0.25, 0.3) is 0 Å². The third kappa shape index (κ3) is 4.32. The molecule has 2 atom stereocenters. The van der Waals surface area contributed by atoms with Crippen LogP contribution in [0.5, 0.6) is 0 Å². The molecule has 0 aliphatic heterocycles. The van der Waals surface area contributed by atoms with E-state index in [-0.39, 0.29) is 35.9 Å². The van der Waals surface area contributed by atoms with Crippen LogP contribution in [-0.4, -0.2) is 52.0 Å². The molecule has 0 bridgehead atoms. The molecular weight excluding hydrogens is 280 g/mol. The highest BCUT2D eigenvalue weighted by Crippen LogP contribution is 2.48. The Morgan fingerprint density at radius 1 is 1.30 bits per heavy atom. The van der Waals surface area contributed by atoms with Crippen molar-refractivity contribution in [2.24, 2.45) is 5.41 Å². The molecule has 1 rings (SSSR count). The first kappa shape index (κ1) is 19.6. The van der Waals surface area contributed by atoms with Gasteiger partial charge in [-0.2, -0.15) is 0 Å². The summed E-state index contributed by atoms with van der Waals surface area (Å²) in [6.45, 7) is 6.01. The number of carbonyl (C=O) groups is 1. The second kappa shape index (κ2) is 9.55. The van der Waals surface area contributed by atoms with Crippen LogP contribution in [0.3, 0.4) is 0 Å². The Kier molecular flexibility index (Phi) is 9.38. The van der Waals surface area contributed by atoms with Crippen molar-refractivity contribution in [3.63, 3.8) is 0 Å². The van der Waals surface area contributed by atoms with E-state index >= 15 is 0 Å². The smallest absolute Gasteiger partial charge is 0.234 e. The third-order valence-electron chi connectivity index (χ3n) is 4.49. The topological polar surface area (TPSA) is 59.6 Å². The molecule has 120 valence electrons. The van der Waals surface area contributed by atoms with Crippen molar-refractivity contribution in [3.8, 4) is 0 Å². The molecule has 6 heteroatoms. The Morgan fingerprint density at radius 2 is 1.95 bits per heavy atom. The van der Waals surface area contributed by atoms with E-state index in [1.54, 1.807) is 14.2 Å². The average molecular weight is 309 g/mol. The predicted molar refractivity (Wildman–Crippen MR) is 82.4 cm³/mol. The molecule has 2 N–H and O–H groups in total. The molecule has 20 heavy (non-hydrogen) atoms. The van der Waals surface area contributed by atoms with Crippen LogP contribution in [0.25, 0.3) is 0 Å². The van der Waals surface area contributed by atoms with E-state index in [0.29, 0.717) is 19.7 Å². The van der Waals surface area contributed by atoms with Crippen molar-refractivity contribution in [2.75, 3.05) is 33.9 Å². The number of rotatable bonds is 9. The lowest BCUT2D eigenvalue weighted by Crippen LogP contribution is -2.64. The van der Waals surface area contributed by atoms with Crippen LogP contribution >= 0.6 is 12.4 Å². The van der Waals surface area contributed by atoms with Crippen LogP contribution in [0, 0.1) is 5.41 Å². The summed E-state index contributed by atoms with van der Waals surface area (Å²) in [6.07, 6.45) is 3.25. The minimum absolute atomic E-state index is 0. The van der Waals surface area contributed by atoms with Gasteiger partial charge in [-0.3, -0.25) is 4.79 Å². The second-order valence-electron chi connectivity index (χ2n) is 5.19. The predicted octanol–water partition coefficient (Wildman–Crippen LogP) is 1.35. The lowest BCUT2D eigenvalue weighted by molar-refractivity contribution is -0.140. The molecule has 1 amide bonds. The van der Waals surface area contributed by atoms with Crippen molar-refractivity contribution >= 4 is 18.3 Å². The molecule has 0 heterocycles. The van der Waals surface area contributed by atoms with Gasteiger partial charge in [0.1, 0.15) is 0 Å². The average Bonchev–Trinajstić information content (AvgIpc) is 2.41. The lowest BCUT2D eigenvalue weighted by atomic mass is 9.58. The standard InChI is InChI=1S/C14H28N2O3.ClH/c1-5-14(6-2)11(9-12(14)19-4)16-13(17)10-15-7-8-18-3;/h11-12,15H,5-10H2,1-4H3,(H,16,17);1H. The van der Waals surface area contributed by atoms with Gasteiger partial charge in [0.15, 0.2) is 0 Å². The number of carbonyl (C=O) groups excluding carboxylic acids is 1. The second-order valence-corrected chi connectivity index (χ2v) is 5.19. The Morgan fingerprint density at radius 3 is 2.45 bits per heavy atom. The molecule has 0 saturated heterocycles. The number of amides is 1. The van der Waals surface area contributed by atoms with Gasteiger partial charge < -0.3 is 20.1 Å². The minimum atomic E-state index is 0. The van der Waals surface area contributed by atoms with Gasteiger partial charge in [0.2, 0.25) is 5.91 Å². The molecule has 0 radical (unpaired) electrons. The maximum absolute atomic E-state index is 11.9. The van der Waals surface area contributed by atoms with Crippen molar-refractivity contribution in [1.29, 1.82) is 0 Å². The van der Waals surface area contributed by atoms with Gasteiger partial charge in [-0.1, -0.05) is 13.8 Å². The highest BCUT2D eigenvalue weighted by atomic mass is 35.5. The quantitative estimate of drug-likeness (QED) is 0.631. The molecule has 1 fully saturated rings. The number of hydrogen-bond acceptors (Lipinski definition) is 4. The number of methoxy groups -OCH3 is 2. The molecule has 0 aromatic heterocycles. The summed E-state index contributed by atoms with van der Waals surface area (Å²) in [6, 6.07) is 0.240. The first-order valence-corrected chi connectivity index (χ1v) is 7.16. The number of ether oxygens (including phenoxy) is 2. The monoisotopic (exact) mass is 308 g/mol. The summed E-state index contributed by atoms with van der Waals surface area (Å²) < 4.78 is 10.4. The number of hydrogen-bond donors (Lipinski definition) is 2. The molecule has 1 aliphatic carbocycles. The lowest BCUT2D eigenvalue weighted by Gasteiger charge is -2.55. The first-order chi connectivity index (χ1) is 9.14. The minimum Gasteiger partial charge on any atom is -0.383 e. The van der Waals surface area contributed by atoms with Gasteiger partial charge in [-0.15, -0.1) is 12.4 Å². The Bertz CT molecular complexity index is 286. The highest BCUT2D eigenvalue weighted by Gasteiger charge is 2.53. The molecule has 1 aliphatic rings. The van der Waals surface area contributed by atoms with Crippen LogP contribution in [0.15, 0.2) is 0 Å². The fourth-order valence-electron chi connectivity index (χ4n) is 3.10. The molecular formula is C14H29ClN2O3. The van der Waals surface area contributed by atoms with E-state index in [1.807, 2.05) is 0 Å². The largest absolute Gasteiger partial charge is 0.383 e. The fraction of sp³-hybridized carbons (Fsp3) is 0.929. The maximum atomic E-state index is 11.9. The maximum Gasteiger partial charge on any atom is 0.234 e. The Hall–Kier alpha value is -0.360. The Labute approximate surface area is 128 Å². The molecule has 0 aromatic rings. The van der Waals surface area contributed by atoms with E-state index in [1.165, 1.54) is 0 Å². The zero-order chi connectivity index (χ0) is 14.3. The van der Waals surface area contributed by atoms with Gasteiger partial charge in [0, 0.05) is 32.2 Å². The van der Waals surface area contributed by atoms with E-state index in [9.17, 15) is 4.79 Å². The van der Waals surface area contributed by atoms with Crippen LogP contribution in [0.1, 0.15) is 33.1 Å². The van der Waals surface area contributed by atoms with E-state index in [4.69, 9.17) is 9.47 Å². The molecule has 2 unspecified atom stereocenters. The highest BCUT2D eigenvalue weighted by molar-refractivity contribution is 5.85. The van der Waals surface area contributed by atoms with Crippen molar-refractivity contribution in [3.05, 3.63) is 0 Å². The summed E-state index contributed by atoms with van der Waals surface area (Å²) in [5.41, 5.74) is 0.108. The van der Waals surface area contributed by atoms with Gasteiger partial charge in [0.05, 0.1) is 19.3 Å². The summed E-state index contributed by atoms with van der Waals surface area (Å²) >= 11 is 0. The van der Waals surface area contributed by atoms with E-state index in [2.05, 4.69) is 24.5 Å². The van der Waals surface area contributed by atoms with Gasteiger partial charge >= 0.3 is 0 Å². The van der Waals surface area contributed by atoms with Gasteiger partial charge in [-0.25, -0.2) is 0 Å². The van der Waals surface area contributed by atoms with Crippen LogP contribution in [0.4, 0.5) is 0 Å². The SMILES string of the molecule is CCC1(CC)C(NC(=O)CNCCOC)CC1OC.Cl. The zero-order valence-electron chi connectivity index (χ0n) is 13.0. The molecule has 1 saturated carbocycles. The van der Waals surface area contributed by atoms with Crippen molar-refractivity contribution in [1.82, 2.24) is 10.6 Å². The van der Waals surface area contributed by atoms with Gasteiger partial charge in [-0.05, 0) is 19.3 Å². The summed E-state index contributed by atoms with van der Waals surface area (Å²) in [4.78, 5) is 11.9. The third-order valence-corrected chi connectivity index (χ3v) is 4.49. The Balaban J connectivity index is 0.00000361. The zero-order valence-corrected chi connectivity index (χ0v) is 13.8. The van der Waals surface area contributed by atoms with Crippen molar-refractivity contribution in [2.45, 2.75) is 45.3 Å².